The summed E-state index contributed by atoms with van der Waals surface area (Å²) in [6.45, 7) is 5.36. The molecule has 0 saturated heterocycles. The average Bonchev–Trinajstić information content (AvgIpc) is 2.66. The third kappa shape index (κ3) is 4.95. The number of alkyl carbamates (subject to hydrolysis) is 1. The van der Waals surface area contributed by atoms with Gasteiger partial charge in [-0.1, -0.05) is 0 Å². The molecule has 0 spiro atoms. The van der Waals surface area contributed by atoms with Gasteiger partial charge in [0.2, 0.25) is 0 Å². The van der Waals surface area contributed by atoms with Crippen LogP contribution in [-0.4, -0.2) is 23.0 Å². The second kappa shape index (κ2) is 5.77. The molecule has 5 nitrogen and oxygen atoms in total. The molecule has 1 amide bonds. The average molecular weight is 256 g/mol. The minimum Gasteiger partial charge on any atom is -0.444 e. The Morgan fingerprint density at radius 1 is 1.65 bits per heavy atom. The van der Waals surface area contributed by atoms with Crippen molar-refractivity contribution in [1.29, 1.82) is 0 Å². The Labute approximate surface area is 104 Å². The number of rotatable bonds is 4. The van der Waals surface area contributed by atoms with E-state index in [9.17, 15) is 9.59 Å². The zero-order valence-electron chi connectivity index (χ0n) is 10.1. The van der Waals surface area contributed by atoms with Gasteiger partial charge in [0.05, 0.1) is 11.6 Å². The molecule has 17 heavy (non-hydrogen) atoms. The van der Waals surface area contributed by atoms with Crippen LogP contribution in [0.4, 0.5) is 4.79 Å². The maximum absolute atomic E-state index is 11.6. The molecule has 0 aliphatic carbocycles. The van der Waals surface area contributed by atoms with Gasteiger partial charge in [0, 0.05) is 17.5 Å². The van der Waals surface area contributed by atoms with Crippen molar-refractivity contribution in [2.24, 2.45) is 0 Å². The van der Waals surface area contributed by atoms with Crippen LogP contribution in [0.5, 0.6) is 0 Å². The number of nitrogens with one attached hydrogen (secondary N) is 1. The van der Waals surface area contributed by atoms with E-state index in [0.717, 1.165) is 11.2 Å². The van der Waals surface area contributed by atoms with Crippen LogP contribution >= 0.6 is 11.3 Å². The van der Waals surface area contributed by atoms with Crippen molar-refractivity contribution in [3.05, 3.63) is 16.6 Å². The normalized spacial score (nSPS) is 12.9. The maximum Gasteiger partial charge on any atom is 0.408 e. The van der Waals surface area contributed by atoms with E-state index in [4.69, 9.17) is 4.74 Å². The highest BCUT2D eigenvalue weighted by atomic mass is 32.1. The van der Waals surface area contributed by atoms with Gasteiger partial charge in [-0.25, -0.2) is 4.79 Å². The fraction of sp³-hybridized carbons (Fsp3) is 0.545. The van der Waals surface area contributed by atoms with Gasteiger partial charge in [-0.2, -0.15) is 0 Å². The molecule has 94 valence electrons. The van der Waals surface area contributed by atoms with Gasteiger partial charge in [-0.15, -0.1) is 11.3 Å². The van der Waals surface area contributed by atoms with E-state index in [1.165, 1.54) is 11.3 Å². The molecule has 1 rings (SSSR count). The van der Waals surface area contributed by atoms with Crippen LogP contribution < -0.4 is 5.32 Å². The zero-order chi connectivity index (χ0) is 12.9. The summed E-state index contributed by atoms with van der Waals surface area (Å²) in [4.78, 5) is 26.9. The van der Waals surface area contributed by atoms with Crippen molar-refractivity contribution in [2.45, 2.75) is 38.8 Å². The zero-order valence-corrected chi connectivity index (χ0v) is 10.9. The fourth-order valence-electron chi connectivity index (χ4n) is 1.19. The first kappa shape index (κ1) is 13.6. The summed E-state index contributed by atoms with van der Waals surface area (Å²) in [6, 6.07) is -0.366. The molecule has 0 aromatic carbocycles. The van der Waals surface area contributed by atoms with E-state index >= 15 is 0 Å². The van der Waals surface area contributed by atoms with Crippen molar-refractivity contribution < 1.29 is 14.3 Å². The molecule has 1 heterocycles. The first-order chi connectivity index (χ1) is 7.92. The largest absolute Gasteiger partial charge is 0.444 e. The molecule has 0 bridgehead atoms. The molecule has 0 aliphatic rings. The molecule has 1 aromatic rings. The van der Waals surface area contributed by atoms with Crippen LogP contribution in [0.2, 0.25) is 0 Å². The molecular weight excluding hydrogens is 240 g/mol. The molecule has 0 saturated carbocycles. The second-order valence-corrected chi connectivity index (χ2v) is 5.42. The van der Waals surface area contributed by atoms with Crippen molar-refractivity contribution in [3.8, 4) is 0 Å². The van der Waals surface area contributed by atoms with Gasteiger partial charge < -0.3 is 14.8 Å². The summed E-state index contributed by atoms with van der Waals surface area (Å²) in [5.74, 6) is 0. The number of aldehydes is 1. The number of hydrogen-bond acceptors (Lipinski definition) is 5. The Morgan fingerprint density at radius 2 is 2.35 bits per heavy atom. The smallest absolute Gasteiger partial charge is 0.408 e. The monoisotopic (exact) mass is 256 g/mol. The van der Waals surface area contributed by atoms with E-state index in [1.54, 1.807) is 32.5 Å². The van der Waals surface area contributed by atoms with Crippen LogP contribution in [0, 0.1) is 0 Å². The van der Waals surface area contributed by atoms with E-state index in [2.05, 4.69) is 10.3 Å². The first-order valence-corrected chi connectivity index (χ1v) is 6.12. The summed E-state index contributed by atoms with van der Waals surface area (Å²) in [7, 11) is 0. The lowest BCUT2D eigenvalue weighted by Crippen LogP contribution is -2.34. The highest BCUT2D eigenvalue weighted by Crippen LogP contribution is 2.20. The number of aromatic nitrogens is 1. The van der Waals surface area contributed by atoms with Crippen LogP contribution in [0.25, 0.3) is 0 Å². The Kier molecular flexibility index (Phi) is 4.62. The molecule has 1 atom stereocenters. The summed E-state index contributed by atoms with van der Waals surface area (Å²) in [5, 5.41) is 2.65. The third-order valence-corrected chi connectivity index (χ3v) is 2.71. The quantitative estimate of drug-likeness (QED) is 0.839. The van der Waals surface area contributed by atoms with Gasteiger partial charge in [0.1, 0.15) is 11.9 Å². The number of nitrogens with zero attached hydrogens (tertiary/aromatic N) is 1. The van der Waals surface area contributed by atoms with Crippen molar-refractivity contribution in [3.63, 3.8) is 0 Å². The molecule has 1 N–H and O–H groups in total. The minimum atomic E-state index is -0.552. The molecular formula is C11H16N2O3S. The Hall–Kier alpha value is -1.43. The predicted molar refractivity (Wildman–Crippen MR) is 64.9 cm³/mol. The van der Waals surface area contributed by atoms with Gasteiger partial charge >= 0.3 is 6.09 Å². The summed E-state index contributed by atoms with van der Waals surface area (Å²) < 4.78 is 5.13. The lowest BCUT2D eigenvalue weighted by atomic mass is 10.2. The number of hydrogen-bond donors (Lipinski definition) is 1. The standard InChI is InChI=1S/C11H16N2O3S/c1-11(2,3)16-10(15)13-8(4-5-14)9-6-12-7-17-9/h5-8H,4H2,1-3H3,(H,13,15)/t8-/m1/s1. The van der Waals surface area contributed by atoms with Gasteiger partial charge in [-0.05, 0) is 20.8 Å². The minimum absolute atomic E-state index is 0.210. The second-order valence-electron chi connectivity index (χ2n) is 4.50. The summed E-state index contributed by atoms with van der Waals surface area (Å²) in [6.07, 6.45) is 2.08. The molecule has 1 aromatic heterocycles. The van der Waals surface area contributed by atoms with E-state index in [-0.39, 0.29) is 12.5 Å². The number of carbonyl (C=O) groups is 2. The van der Waals surface area contributed by atoms with Gasteiger partial charge in [-0.3, -0.25) is 4.98 Å². The number of thiazole rings is 1. The maximum atomic E-state index is 11.6. The molecule has 0 unspecified atom stereocenters. The Balaban J connectivity index is 2.62. The van der Waals surface area contributed by atoms with Crippen molar-refractivity contribution in [1.82, 2.24) is 10.3 Å². The molecule has 6 heteroatoms. The van der Waals surface area contributed by atoms with E-state index in [0.29, 0.717) is 0 Å². The molecule has 0 fully saturated rings. The third-order valence-electron chi connectivity index (χ3n) is 1.82. The van der Waals surface area contributed by atoms with Crippen molar-refractivity contribution >= 4 is 23.7 Å². The number of carbonyl (C=O) groups excluding carboxylic acids is 2. The van der Waals surface area contributed by atoms with E-state index < -0.39 is 11.7 Å². The Morgan fingerprint density at radius 3 is 2.82 bits per heavy atom. The SMILES string of the molecule is CC(C)(C)OC(=O)N[C@H](CC=O)c1cncs1. The van der Waals surface area contributed by atoms with Gasteiger partial charge in [0.15, 0.2) is 0 Å². The summed E-state index contributed by atoms with van der Waals surface area (Å²) in [5.41, 5.74) is 1.10. The highest BCUT2D eigenvalue weighted by Gasteiger charge is 2.20. The summed E-state index contributed by atoms with van der Waals surface area (Å²) >= 11 is 1.39. The van der Waals surface area contributed by atoms with Gasteiger partial charge in [0.25, 0.3) is 0 Å². The number of amides is 1. The van der Waals surface area contributed by atoms with Crippen LogP contribution in [0.15, 0.2) is 11.7 Å². The first-order valence-electron chi connectivity index (χ1n) is 5.24. The predicted octanol–water partition coefficient (Wildman–Crippen LogP) is 2.30. The highest BCUT2D eigenvalue weighted by molar-refractivity contribution is 7.09. The Bertz CT molecular complexity index is 371. The lowest BCUT2D eigenvalue weighted by molar-refractivity contribution is -0.108. The van der Waals surface area contributed by atoms with Crippen LogP contribution in [0.1, 0.15) is 38.1 Å². The lowest BCUT2D eigenvalue weighted by Gasteiger charge is -2.22. The molecule has 0 radical (unpaired) electrons. The number of ether oxygens (including phenoxy) is 1. The van der Waals surface area contributed by atoms with Crippen LogP contribution in [-0.2, 0) is 9.53 Å². The van der Waals surface area contributed by atoms with Crippen molar-refractivity contribution in [2.75, 3.05) is 0 Å². The molecule has 0 aliphatic heterocycles. The topological polar surface area (TPSA) is 68.3 Å². The fourth-order valence-corrected chi connectivity index (χ4v) is 1.87. The van der Waals surface area contributed by atoms with E-state index in [1.807, 2.05) is 0 Å². The van der Waals surface area contributed by atoms with Crippen LogP contribution in [0.3, 0.4) is 0 Å².